The average molecular weight is 601 g/mol. The zero-order chi connectivity index (χ0) is 30.8. The van der Waals surface area contributed by atoms with E-state index in [1.807, 2.05) is 0 Å². The predicted molar refractivity (Wildman–Crippen MR) is 194 cm³/mol. The molecule has 0 radical (unpaired) electrons. The maximum Gasteiger partial charge on any atom is 0.308 e. The summed E-state index contributed by atoms with van der Waals surface area (Å²) in [5.41, 5.74) is 1.44. The molecule has 0 spiro atoms. The molecule has 0 unspecified atom stereocenters. The number of hydrogen-bond donors (Lipinski definition) is 0. The highest BCUT2D eigenvalue weighted by Gasteiger charge is 2.12. The standard InChI is InChI=1S/C9H12.C8H16.C6H16OSi.C5H10O2.C4H10.C3H8.2CH4/c1-2-6-9-7-4-3-5-8-9;1-2-4-6-8-7-5-3-1;1-5-6-7-8(2,3)4;1-4(2)5(6)7-3;1-3-4-2;1-3-2;;/h3-5,7-8H,2,6H2,1H3;1-8H2;5-6H2,1-4H3;4H,1-3H3;3-4H2,1-2H3;3H2,1-2H3;2*1H4. The lowest BCUT2D eigenvalue weighted by atomic mass is 10.0. The highest BCUT2D eigenvalue weighted by molar-refractivity contribution is 6.69. The van der Waals surface area contributed by atoms with Crippen LogP contribution in [0.15, 0.2) is 30.3 Å². The van der Waals surface area contributed by atoms with E-state index in [9.17, 15) is 4.79 Å². The van der Waals surface area contributed by atoms with Crippen LogP contribution in [0, 0.1) is 5.92 Å². The fourth-order valence-corrected chi connectivity index (χ4v) is 3.81. The molecule has 0 heterocycles. The fraction of sp³-hybridized carbons (Fsp3) is 0.811. The van der Waals surface area contributed by atoms with Crippen LogP contribution < -0.4 is 0 Å². The Morgan fingerprint density at radius 1 is 0.707 bits per heavy atom. The maximum atomic E-state index is 10.3. The number of methoxy groups -OCH3 is 1. The maximum absolute atomic E-state index is 10.3. The van der Waals surface area contributed by atoms with E-state index < -0.39 is 8.32 Å². The SMILES string of the molecule is C.C.C1CCCCCCC1.CCC.CCCC.CCCO[Si](C)(C)C.CCCc1ccccc1.COC(=O)C(C)C. The number of carbonyl (C=O) groups is 1. The van der Waals surface area contributed by atoms with Crippen molar-refractivity contribution in [2.45, 2.75) is 180 Å². The summed E-state index contributed by atoms with van der Waals surface area (Å²) in [4.78, 5) is 10.3. The second-order valence-electron chi connectivity index (χ2n) is 11.4. The first kappa shape index (κ1) is 52.5. The van der Waals surface area contributed by atoms with Crippen LogP contribution in [0.4, 0.5) is 0 Å². The molecule has 2 rings (SSSR count). The molecule has 3 nitrogen and oxygen atoms in total. The van der Waals surface area contributed by atoms with Crippen molar-refractivity contribution in [1.29, 1.82) is 0 Å². The van der Waals surface area contributed by atoms with Gasteiger partial charge in [0.15, 0.2) is 8.32 Å². The van der Waals surface area contributed by atoms with Crippen LogP contribution in [-0.4, -0.2) is 28.0 Å². The Labute approximate surface area is 263 Å². The zero-order valence-electron chi connectivity index (χ0n) is 28.8. The summed E-state index contributed by atoms with van der Waals surface area (Å²) in [6.07, 6.45) is 19.5. The molecule has 1 aliphatic rings. The summed E-state index contributed by atoms with van der Waals surface area (Å²) >= 11 is 0. The highest BCUT2D eigenvalue weighted by atomic mass is 28.4. The Morgan fingerprint density at radius 3 is 1.24 bits per heavy atom. The minimum absolute atomic E-state index is 0. The zero-order valence-corrected chi connectivity index (χ0v) is 29.8. The first-order valence-corrected chi connectivity index (χ1v) is 19.7. The molecule has 0 saturated heterocycles. The molecule has 1 aromatic carbocycles. The van der Waals surface area contributed by atoms with Crippen molar-refractivity contribution >= 4 is 14.3 Å². The van der Waals surface area contributed by atoms with Gasteiger partial charge in [-0.15, -0.1) is 0 Å². The van der Waals surface area contributed by atoms with Gasteiger partial charge in [-0.2, -0.15) is 0 Å². The Morgan fingerprint density at radius 2 is 1.07 bits per heavy atom. The third kappa shape index (κ3) is 59.2. The highest BCUT2D eigenvalue weighted by Crippen LogP contribution is 2.15. The lowest BCUT2D eigenvalue weighted by molar-refractivity contribution is -0.144. The summed E-state index contributed by atoms with van der Waals surface area (Å²) < 4.78 is 9.89. The van der Waals surface area contributed by atoms with Gasteiger partial charge in [-0.1, -0.05) is 178 Å². The van der Waals surface area contributed by atoms with E-state index >= 15 is 0 Å². The summed E-state index contributed by atoms with van der Waals surface area (Å²) in [6, 6.07) is 10.6. The van der Waals surface area contributed by atoms with E-state index in [0.29, 0.717) is 0 Å². The Kier molecular flexibility index (Phi) is 55.5. The molecule has 1 fully saturated rings. The first-order chi connectivity index (χ1) is 18.5. The molecule has 1 saturated carbocycles. The fourth-order valence-electron chi connectivity index (χ4n) is 2.99. The van der Waals surface area contributed by atoms with E-state index in [1.54, 1.807) is 13.8 Å². The normalized spacial score (nSPS) is 11.8. The third-order valence-electron chi connectivity index (χ3n) is 5.29. The van der Waals surface area contributed by atoms with Crippen molar-refractivity contribution in [2.24, 2.45) is 5.92 Å². The lowest BCUT2D eigenvalue weighted by Crippen LogP contribution is -2.25. The van der Waals surface area contributed by atoms with Crippen LogP contribution >= 0.6 is 0 Å². The second-order valence-corrected chi connectivity index (χ2v) is 15.9. The van der Waals surface area contributed by atoms with E-state index in [2.05, 4.69) is 96.3 Å². The van der Waals surface area contributed by atoms with Crippen molar-refractivity contribution in [2.75, 3.05) is 13.7 Å². The average Bonchev–Trinajstić information content (AvgIpc) is 2.89. The second kappa shape index (κ2) is 43.3. The van der Waals surface area contributed by atoms with Crippen molar-refractivity contribution in [3.8, 4) is 0 Å². The third-order valence-corrected chi connectivity index (χ3v) is 6.36. The Bertz CT molecular complexity index is 527. The molecule has 0 aliphatic heterocycles. The molecule has 1 aliphatic carbocycles. The number of benzene rings is 1. The van der Waals surface area contributed by atoms with Crippen LogP contribution in [0.5, 0.6) is 0 Å². The van der Waals surface area contributed by atoms with Gasteiger partial charge >= 0.3 is 5.97 Å². The van der Waals surface area contributed by atoms with E-state index in [-0.39, 0.29) is 26.7 Å². The van der Waals surface area contributed by atoms with Crippen LogP contribution in [0.3, 0.4) is 0 Å². The Balaban J connectivity index is -0.0000000915. The van der Waals surface area contributed by atoms with Gasteiger partial charge in [0.05, 0.1) is 13.0 Å². The van der Waals surface area contributed by atoms with Crippen LogP contribution in [-0.2, 0) is 20.4 Å². The van der Waals surface area contributed by atoms with E-state index in [0.717, 1.165) is 13.0 Å². The summed E-state index contributed by atoms with van der Waals surface area (Å²) in [6.45, 7) is 24.1. The number of ether oxygens (including phenoxy) is 1. The van der Waals surface area contributed by atoms with Crippen molar-refractivity contribution in [1.82, 2.24) is 0 Å². The molecule has 0 aromatic heterocycles. The largest absolute Gasteiger partial charge is 0.469 e. The van der Waals surface area contributed by atoms with Crippen LogP contribution in [0.25, 0.3) is 0 Å². The molecular formula is C37H80O3Si. The van der Waals surface area contributed by atoms with Gasteiger partial charge in [0.2, 0.25) is 0 Å². The summed E-state index contributed by atoms with van der Waals surface area (Å²) in [7, 11) is 0.213. The van der Waals surface area contributed by atoms with Gasteiger partial charge in [-0.05, 0) is 38.0 Å². The topological polar surface area (TPSA) is 35.5 Å². The number of rotatable bonds is 7. The molecule has 0 bridgehead atoms. The van der Waals surface area contributed by atoms with Gasteiger partial charge < -0.3 is 9.16 Å². The van der Waals surface area contributed by atoms with Gasteiger partial charge in [-0.3, -0.25) is 4.79 Å². The van der Waals surface area contributed by atoms with E-state index in [4.69, 9.17) is 4.43 Å². The van der Waals surface area contributed by atoms with Gasteiger partial charge in [0.25, 0.3) is 0 Å². The molecule has 41 heavy (non-hydrogen) atoms. The van der Waals surface area contributed by atoms with Crippen molar-refractivity contribution in [3.05, 3.63) is 35.9 Å². The quantitative estimate of drug-likeness (QED) is 0.231. The molecule has 1 aromatic rings. The summed E-state index contributed by atoms with van der Waals surface area (Å²) in [5, 5.41) is 0. The monoisotopic (exact) mass is 601 g/mol. The first-order valence-electron chi connectivity index (χ1n) is 16.3. The predicted octanol–water partition coefficient (Wildman–Crippen LogP) is 13.3. The molecule has 250 valence electrons. The van der Waals surface area contributed by atoms with Crippen molar-refractivity contribution in [3.63, 3.8) is 0 Å². The number of hydrogen-bond acceptors (Lipinski definition) is 3. The van der Waals surface area contributed by atoms with Gasteiger partial charge in [-0.25, -0.2) is 0 Å². The number of aryl methyl sites for hydroxylation is 1. The van der Waals surface area contributed by atoms with Gasteiger partial charge in [0.1, 0.15) is 0 Å². The number of esters is 1. The molecule has 4 heteroatoms. The van der Waals surface area contributed by atoms with Crippen LogP contribution in [0.2, 0.25) is 19.6 Å². The minimum atomic E-state index is -1.18. The number of unbranched alkanes of at least 4 members (excludes halogenated alkanes) is 1. The minimum Gasteiger partial charge on any atom is -0.469 e. The van der Waals surface area contributed by atoms with Crippen LogP contribution in [0.1, 0.15) is 159 Å². The number of carbonyl (C=O) groups excluding carboxylic acids is 1. The molecular weight excluding hydrogens is 520 g/mol. The molecule has 0 N–H and O–H groups in total. The van der Waals surface area contributed by atoms with E-state index in [1.165, 1.54) is 96.1 Å². The van der Waals surface area contributed by atoms with Crippen molar-refractivity contribution < 1.29 is 14.0 Å². The molecule has 0 amide bonds. The molecule has 0 atom stereocenters. The Hall–Kier alpha value is -1.13. The smallest absolute Gasteiger partial charge is 0.308 e. The summed E-state index contributed by atoms with van der Waals surface area (Å²) in [5.74, 6) is -0.148. The van der Waals surface area contributed by atoms with Gasteiger partial charge in [0, 0.05) is 6.61 Å². The lowest BCUT2D eigenvalue weighted by Gasteiger charge is -2.15.